The van der Waals surface area contributed by atoms with Crippen LogP contribution in [-0.2, 0) is 13.0 Å². The number of aryl methyl sites for hydroxylation is 2. The van der Waals surface area contributed by atoms with Crippen LogP contribution in [0.3, 0.4) is 0 Å². The van der Waals surface area contributed by atoms with Crippen LogP contribution in [0.1, 0.15) is 35.6 Å². The third kappa shape index (κ3) is 3.39. The Bertz CT molecular complexity index is 905. The summed E-state index contributed by atoms with van der Waals surface area (Å²) in [6.45, 7) is 0.445. The van der Waals surface area contributed by atoms with E-state index in [0.29, 0.717) is 30.7 Å². The molecule has 25 heavy (non-hydrogen) atoms. The summed E-state index contributed by atoms with van der Waals surface area (Å²) < 4.78 is 7.23. The van der Waals surface area contributed by atoms with Crippen LogP contribution in [0.15, 0.2) is 41.1 Å². The fourth-order valence-electron chi connectivity index (χ4n) is 2.84. The predicted octanol–water partition coefficient (Wildman–Crippen LogP) is 3.34. The van der Waals surface area contributed by atoms with Gasteiger partial charge in [0.15, 0.2) is 0 Å². The van der Waals surface area contributed by atoms with E-state index < -0.39 is 4.92 Å². The molecule has 0 bridgehead atoms. The molecule has 1 aliphatic rings. The summed E-state index contributed by atoms with van der Waals surface area (Å²) in [6, 6.07) is 7.81. The number of aromatic nitrogens is 4. The molecule has 0 spiro atoms. The van der Waals surface area contributed by atoms with Crippen LogP contribution in [0.4, 0.5) is 5.69 Å². The van der Waals surface area contributed by atoms with E-state index >= 15 is 0 Å². The Balaban J connectivity index is 1.36. The minimum Gasteiger partial charge on any atom is -0.425 e. The number of hydrogen-bond donors (Lipinski definition) is 0. The summed E-state index contributed by atoms with van der Waals surface area (Å²) in [5.41, 5.74) is 1.19. The van der Waals surface area contributed by atoms with Crippen molar-refractivity contribution in [3.63, 3.8) is 0 Å². The molecular formula is C16H14ClN5O3. The van der Waals surface area contributed by atoms with E-state index in [9.17, 15) is 10.1 Å². The van der Waals surface area contributed by atoms with E-state index in [1.807, 2.05) is 24.3 Å². The van der Waals surface area contributed by atoms with Gasteiger partial charge in [0.25, 0.3) is 0 Å². The second-order valence-corrected chi connectivity index (χ2v) is 6.44. The third-order valence-corrected chi connectivity index (χ3v) is 4.53. The van der Waals surface area contributed by atoms with Gasteiger partial charge in [-0.2, -0.15) is 5.10 Å². The number of nitro groups is 1. The molecule has 1 saturated carbocycles. The Hall–Kier alpha value is -2.74. The Labute approximate surface area is 147 Å². The molecule has 8 nitrogen and oxygen atoms in total. The van der Waals surface area contributed by atoms with Crippen LogP contribution in [-0.4, -0.2) is 24.9 Å². The summed E-state index contributed by atoms with van der Waals surface area (Å²) in [4.78, 5) is 10.2. The SMILES string of the molecule is O=[N+]([O-])c1cnn(CCc2nnc(C3CC3c3ccc(Cl)cc3)o2)c1. The summed E-state index contributed by atoms with van der Waals surface area (Å²) in [7, 11) is 0. The van der Waals surface area contributed by atoms with Crippen molar-refractivity contribution in [3.8, 4) is 0 Å². The zero-order valence-electron chi connectivity index (χ0n) is 13.1. The van der Waals surface area contributed by atoms with Crippen molar-refractivity contribution in [1.29, 1.82) is 0 Å². The number of halogens is 1. The molecule has 0 radical (unpaired) electrons. The average Bonchev–Trinajstić information content (AvgIpc) is 3.04. The van der Waals surface area contributed by atoms with Gasteiger partial charge >= 0.3 is 5.69 Å². The Morgan fingerprint density at radius 1 is 1.28 bits per heavy atom. The number of benzene rings is 1. The van der Waals surface area contributed by atoms with Crippen LogP contribution < -0.4 is 0 Å². The van der Waals surface area contributed by atoms with E-state index in [4.69, 9.17) is 16.0 Å². The molecule has 128 valence electrons. The van der Waals surface area contributed by atoms with Crippen molar-refractivity contribution < 1.29 is 9.34 Å². The van der Waals surface area contributed by atoms with Crippen molar-refractivity contribution >= 4 is 17.3 Å². The molecule has 1 aliphatic carbocycles. The van der Waals surface area contributed by atoms with Gasteiger partial charge < -0.3 is 4.42 Å². The smallest absolute Gasteiger partial charge is 0.306 e. The highest BCUT2D eigenvalue weighted by Gasteiger charge is 2.43. The highest BCUT2D eigenvalue weighted by molar-refractivity contribution is 6.30. The molecule has 0 saturated heterocycles. The topological polar surface area (TPSA) is 99.9 Å². The summed E-state index contributed by atoms with van der Waals surface area (Å²) >= 11 is 5.91. The molecule has 0 aliphatic heterocycles. The van der Waals surface area contributed by atoms with E-state index in [2.05, 4.69) is 15.3 Å². The Morgan fingerprint density at radius 3 is 2.80 bits per heavy atom. The van der Waals surface area contributed by atoms with E-state index in [1.165, 1.54) is 22.6 Å². The molecule has 4 rings (SSSR count). The lowest BCUT2D eigenvalue weighted by Crippen LogP contribution is -2.01. The number of hydrogen-bond acceptors (Lipinski definition) is 6. The molecular weight excluding hydrogens is 346 g/mol. The van der Waals surface area contributed by atoms with Gasteiger partial charge in [-0.25, -0.2) is 0 Å². The second kappa shape index (κ2) is 6.29. The first-order chi connectivity index (χ1) is 12.1. The van der Waals surface area contributed by atoms with Gasteiger partial charge in [-0.1, -0.05) is 23.7 Å². The van der Waals surface area contributed by atoms with Gasteiger partial charge in [-0.3, -0.25) is 14.8 Å². The molecule has 3 aromatic rings. The lowest BCUT2D eigenvalue weighted by atomic mass is 10.1. The molecule has 2 unspecified atom stereocenters. The fourth-order valence-corrected chi connectivity index (χ4v) is 2.97. The van der Waals surface area contributed by atoms with Gasteiger partial charge in [0, 0.05) is 23.9 Å². The van der Waals surface area contributed by atoms with Crippen LogP contribution in [0, 0.1) is 10.1 Å². The largest absolute Gasteiger partial charge is 0.425 e. The Kier molecular flexibility index (Phi) is 3.96. The summed E-state index contributed by atoms with van der Waals surface area (Å²) in [5, 5.41) is 23.5. The molecule has 2 aromatic heterocycles. The van der Waals surface area contributed by atoms with Gasteiger partial charge in [-0.05, 0) is 30.0 Å². The van der Waals surface area contributed by atoms with Crippen LogP contribution in [0.5, 0.6) is 0 Å². The Morgan fingerprint density at radius 2 is 2.08 bits per heavy atom. The first-order valence-electron chi connectivity index (χ1n) is 7.85. The maximum absolute atomic E-state index is 10.6. The zero-order chi connectivity index (χ0) is 17.4. The zero-order valence-corrected chi connectivity index (χ0v) is 13.8. The van der Waals surface area contributed by atoms with Gasteiger partial charge in [0.05, 0.1) is 4.92 Å². The fraction of sp³-hybridized carbons (Fsp3) is 0.312. The number of nitrogens with zero attached hydrogens (tertiary/aromatic N) is 5. The van der Waals surface area contributed by atoms with E-state index in [-0.39, 0.29) is 11.6 Å². The molecule has 0 N–H and O–H groups in total. The van der Waals surface area contributed by atoms with Crippen molar-refractivity contribution in [2.75, 3.05) is 0 Å². The predicted molar refractivity (Wildman–Crippen MR) is 88.4 cm³/mol. The van der Waals surface area contributed by atoms with Crippen molar-refractivity contribution in [2.24, 2.45) is 0 Å². The summed E-state index contributed by atoms with van der Waals surface area (Å²) in [6.07, 6.45) is 4.06. The highest BCUT2D eigenvalue weighted by atomic mass is 35.5. The first-order valence-corrected chi connectivity index (χ1v) is 8.22. The normalized spacial score (nSPS) is 19.1. The molecule has 9 heteroatoms. The van der Waals surface area contributed by atoms with Gasteiger partial charge in [0.2, 0.25) is 11.8 Å². The monoisotopic (exact) mass is 359 g/mol. The molecule has 2 heterocycles. The van der Waals surface area contributed by atoms with Crippen molar-refractivity contribution in [3.05, 3.63) is 69.1 Å². The first kappa shape index (κ1) is 15.8. The lowest BCUT2D eigenvalue weighted by molar-refractivity contribution is -0.385. The third-order valence-electron chi connectivity index (χ3n) is 4.27. The van der Waals surface area contributed by atoms with Crippen LogP contribution in [0.25, 0.3) is 0 Å². The van der Waals surface area contributed by atoms with E-state index in [0.717, 1.165) is 11.4 Å². The average molecular weight is 360 g/mol. The minimum absolute atomic E-state index is 0.0324. The van der Waals surface area contributed by atoms with Crippen molar-refractivity contribution in [1.82, 2.24) is 20.0 Å². The lowest BCUT2D eigenvalue weighted by Gasteiger charge is -1.98. The van der Waals surface area contributed by atoms with Gasteiger partial charge in [-0.15, -0.1) is 10.2 Å². The van der Waals surface area contributed by atoms with Crippen molar-refractivity contribution in [2.45, 2.75) is 31.2 Å². The summed E-state index contributed by atoms with van der Waals surface area (Å²) in [5.74, 6) is 1.78. The van der Waals surface area contributed by atoms with E-state index in [1.54, 1.807) is 0 Å². The molecule has 0 amide bonds. The maximum Gasteiger partial charge on any atom is 0.306 e. The molecule has 1 fully saturated rings. The van der Waals surface area contributed by atoms with Gasteiger partial charge in [0.1, 0.15) is 12.4 Å². The quantitative estimate of drug-likeness (QED) is 0.494. The standard InChI is InChI=1S/C16H14ClN5O3/c17-11-3-1-10(2-4-11)13-7-14(13)16-20-19-15(25-16)5-6-21-9-12(8-18-21)22(23)24/h1-4,8-9,13-14H,5-7H2. The minimum atomic E-state index is -0.474. The van der Waals surface area contributed by atoms with Crippen LogP contribution in [0.2, 0.25) is 5.02 Å². The second-order valence-electron chi connectivity index (χ2n) is 6.00. The molecule has 1 aromatic carbocycles. The maximum atomic E-state index is 10.6. The number of rotatable bonds is 6. The molecule has 2 atom stereocenters. The highest BCUT2D eigenvalue weighted by Crippen LogP contribution is 2.54. The van der Waals surface area contributed by atoms with Crippen LogP contribution >= 0.6 is 11.6 Å².